The minimum Gasteiger partial charge on any atom is -0.468 e. The minimum absolute atomic E-state index is 0.00538. The normalized spacial score (nSPS) is 19.5. The largest absolute Gasteiger partial charge is 0.468 e. The number of hydrogen-bond acceptors (Lipinski definition) is 8. The first-order chi connectivity index (χ1) is 14.1. The molecular formula is C17H20N6O6S. The van der Waals surface area contributed by atoms with E-state index in [0.29, 0.717) is 0 Å². The van der Waals surface area contributed by atoms with E-state index >= 15 is 0 Å². The van der Waals surface area contributed by atoms with Crippen molar-refractivity contribution in [2.45, 2.75) is 30.3 Å². The van der Waals surface area contributed by atoms with Gasteiger partial charge in [-0.3, -0.25) is 14.4 Å². The number of carbonyl (C=O) groups excluding carboxylic acids is 3. The number of methoxy groups -OCH3 is 1. The molecule has 2 aromatic rings. The van der Waals surface area contributed by atoms with Crippen molar-refractivity contribution in [3.05, 3.63) is 41.2 Å². The van der Waals surface area contributed by atoms with E-state index in [1.807, 2.05) is 6.92 Å². The van der Waals surface area contributed by atoms with Crippen LogP contribution >= 0.6 is 0 Å². The SMILES string of the molecule is COC(=O)C1CC(n2nnc(C(N)=O)c2C(N)=O)CN1S(=O)(=O)c1ccc(C)cc1. The summed E-state index contributed by atoms with van der Waals surface area (Å²) >= 11 is 0. The molecule has 0 aliphatic carbocycles. The van der Waals surface area contributed by atoms with Crippen LogP contribution in [0, 0.1) is 6.92 Å². The van der Waals surface area contributed by atoms with Crippen LogP contribution in [-0.2, 0) is 19.6 Å². The molecule has 160 valence electrons. The molecule has 2 heterocycles. The van der Waals surface area contributed by atoms with Gasteiger partial charge in [-0.05, 0) is 25.5 Å². The summed E-state index contributed by atoms with van der Waals surface area (Å²) in [5, 5.41) is 7.33. The molecular weight excluding hydrogens is 416 g/mol. The third-order valence-corrected chi connectivity index (χ3v) is 6.73. The Morgan fingerprint density at radius 1 is 1.13 bits per heavy atom. The number of ether oxygens (including phenoxy) is 1. The van der Waals surface area contributed by atoms with Crippen LogP contribution < -0.4 is 11.5 Å². The van der Waals surface area contributed by atoms with Gasteiger partial charge in [0.1, 0.15) is 6.04 Å². The van der Waals surface area contributed by atoms with Crippen molar-refractivity contribution in [2.75, 3.05) is 13.7 Å². The fourth-order valence-corrected chi connectivity index (χ4v) is 4.99. The Balaban J connectivity index is 2.05. The summed E-state index contributed by atoms with van der Waals surface area (Å²) < 4.78 is 33.2. The molecule has 1 aliphatic rings. The molecule has 13 heteroatoms. The fourth-order valence-electron chi connectivity index (χ4n) is 3.37. The highest BCUT2D eigenvalue weighted by Crippen LogP contribution is 2.33. The Kier molecular flexibility index (Phi) is 5.59. The molecule has 1 aromatic carbocycles. The van der Waals surface area contributed by atoms with Crippen LogP contribution in [0.2, 0.25) is 0 Å². The minimum atomic E-state index is -4.08. The van der Waals surface area contributed by atoms with E-state index in [2.05, 4.69) is 10.3 Å². The monoisotopic (exact) mass is 436 g/mol. The molecule has 1 saturated heterocycles. The van der Waals surface area contributed by atoms with E-state index in [0.717, 1.165) is 21.7 Å². The number of primary amides is 2. The van der Waals surface area contributed by atoms with Gasteiger partial charge < -0.3 is 16.2 Å². The number of sulfonamides is 1. The van der Waals surface area contributed by atoms with E-state index < -0.39 is 45.6 Å². The maximum Gasteiger partial charge on any atom is 0.324 e. The molecule has 1 aliphatic heterocycles. The van der Waals surface area contributed by atoms with Crippen LogP contribution in [0.5, 0.6) is 0 Å². The second-order valence-corrected chi connectivity index (χ2v) is 8.67. The highest BCUT2D eigenvalue weighted by Gasteiger charge is 2.46. The predicted molar refractivity (Wildman–Crippen MR) is 102 cm³/mol. The van der Waals surface area contributed by atoms with Crippen molar-refractivity contribution in [3.8, 4) is 0 Å². The molecule has 12 nitrogen and oxygen atoms in total. The van der Waals surface area contributed by atoms with Crippen LogP contribution in [-0.4, -0.2) is 65.2 Å². The van der Waals surface area contributed by atoms with Crippen molar-refractivity contribution in [2.24, 2.45) is 11.5 Å². The maximum absolute atomic E-state index is 13.2. The molecule has 30 heavy (non-hydrogen) atoms. The Morgan fingerprint density at radius 2 is 1.77 bits per heavy atom. The fraction of sp³-hybridized carbons (Fsp3) is 0.353. The molecule has 2 amide bonds. The maximum atomic E-state index is 13.2. The van der Waals surface area contributed by atoms with Crippen molar-refractivity contribution >= 4 is 27.8 Å². The van der Waals surface area contributed by atoms with Crippen LogP contribution in [0.4, 0.5) is 0 Å². The molecule has 2 unspecified atom stereocenters. The van der Waals surface area contributed by atoms with Crippen LogP contribution in [0.3, 0.4) is 0 Å². The zero-order valence-electron chi connectivity index (χ0n) is 16.2. The van der Waals surface area contributed by atoms with Crippen molar-refractivity contribution in [1.82, 2.24) is 19.3 Å². The average molecular weight is 436 g/mol. The highest BCUT2D eigenvalue weighted by atomic mass is 32.2. The Morgan fingerprint density at radius 3 is 2.30 bits per heavy atom. The first-order valence-corrected chi connectivity index (χ1v) is 10.2. The summed E-state index contributed by atoms with van der Waals surface area (Å²) in [6, 6.07) is 4.15. The quantitative estimate of drug-likeness (QED) is 0.539. The van der Waals surface area contributed by atoms with Gasteiger partial charge in [0.2, 0.25) is 10.0 Å². The number of hydrogen-bond donors (Lipinski definition) is 2. The van der Waals surface area contributed by atoms with Gasteiger partial charge in [-0.25, -0.2) is 13.1 Å². The van der Waals surface area contributed by atoms with Gasteiger partial charge >= 0.3 is 5.97 Å². The number of carbonyl (C=O) groups is 3. The summed E-state index contributed by atoms with van der Waals surface area (Å²) in [5.41, 5.74) is 10.6. The van der Waals surface area contributed by atoms with E-state index in [1.165, 1.54) is 12.1 Å². The van der Waals surface area contributed by atoms with Gasteiger partial charge in [-0.2, -0.15) is 4.31 Å². The summed E-state index contributed by atoms with van der Waals surface area (Å²) in [6.45, 7) is 1.59. The van der Waals surface area contributed by atoms with Crippen LogP contribution in [0.15, 0.2) is 29.2 Å². The molecule has 3 rings (SSSR count). The van der Waals surface area contributed by atoms with Crippen molar-refractivity contribution < 1.29 is 27.5 Å². The van der Waals surface area contributed by atoms with Crippen LogP contribution in [0.1, 0.15) is 39.0 Å². The molecule has 1 aromatic heterocycles. The Hall–Kier alpha value is -3.32. The number of aromatic nitrogens is 3. The average Bonchev–Trinajstić information content (AvgIpc) is 3.32. The van der Waals surface area contributed by atoms with Gasteiger partial charge in [0.25, 0.3) is 11.8 Å². The van der Waals surface area contributed by atoms with Gasteiger partial charge in [0.05, 0.1) is 18.0 Å². The molecule has 1 fully saturated rings. The Labute approximate surface area is 171 Å². The van der Waals surface area contributed by atoms with Gasteiger partial charge in [0, 0.05) is 6.54 Å². The predicted octanol–water partition coefficient (Wildman–Crippen LogP) is -1.04. The second kappa shape index (κ2) is 7.84. The molecule has 2 atom stereocenters. The lowest BCUT2D eigenvalue weighted by atomic mass is 10.1. The van der Waals surface area contributed by atoms with E-state index in [9.17, 15) is 22.8 Å². The lowest BCUT2D eigenvalue weighted by Gasteiger charge is -2.22. The van der Waals surface area contributed by atoms with E-state index in [1.54, 1.807) is 12.1 Å². The number of nitrogens with zero attached hydrogens (tertiary/aromatic N) is 4. The van der Waals surface area contributed by atoms with Gasteiger partial charge in [-0.15, -0.1) is 5.10 Å². The second-order valence-electron chi connectivity index (χ2n) is 6.78. The number of amides is 2. The number of aryl methyl sites for hydroxylation is 1. The zero-order chi connectivity index (χ0) is 22.2. The molecule has 0 radical (unpaired) electrons. The van der Waals surface area contributed by atoms with E-state index in [4.69, 9.17) is 16.2 Å². The zero-order valence-corrected chi connectivity index (χ0v) is 17.0. The first-order valence-electron chi connectivity index (χ1n) is 8.79. The lowest BCUT2D eigenvalue weighted by Crippen LogP contribution is -2.41. The first kappa shape index (κ1) is 21.4. The van der Waals surface area contributed by atoms with Gasteiger partial charge in [-0.1, -0.05) is 22.9 Å². The smallest absolute Gasteiger partial charge is 0.324 e. The van der Waals surface area contributed by atoms with Crippen LogP contribution in [0.25, 0.3) is 0 Å². The molecule has 0 saturated carbocycles. The molecule has 0 bridgehead atoms. The summed E-state index contributed by atoms with van der Waals surface area (Å²) in [5.74, 6) is -2.80. The standard InChI is InChI=1S/C17H20N6O6S/c1-9-3-5-11(6-4-9)30(27,28)22-8-10(7-12(22)17(26)29-2)23-14(16(19)25)13(15(18)24)20-21-23/h3-6,10,12H,7-8H2,1-2H3,(H2,18,24)(H2,19,25). The molecule has 4 N–H and O–H groups in total. The number of nitrogens with two attached hydrogens (primary N) is 2. The number of esters is 1. The van der Waals surface area contributed by atoms with E-state index in [-0.39, 0.29) is 23.6 Å². The molecule has 0 spiro atoms. The van der Waals surface area contributed by atoms with Gasteiger partial charge in [0.15, 0.2) is 11.4 Å². The third kappa shape index (κ3) is 3.64. The van der Waals surface area contributed by atoms with Crippen molar-refractivity contribution in [3.63, 3.8) is 0 Å². The summed E-state index contributed by atoms with van der Waals surface area (Å²) in [4.78, 5) is 35.7. The highest BCUT2D eigenvalue weighted by molar-refractivity contribution is 7.89. The summed E-state index contributed by atoms with van der Waals surface area (Å²) in [6.07, 6.45) is -0.0698. The Bertz CT molecular complexity index is 1110. The number of rotatable bonds is 6. The summed E-state index contributed by atoms with van der Waals surface area (Å²) in [7, 11) is -2.94. The van der Waals surface area contributed by atoms with Crippen molar-refractivity contribution in [1.29, 1.82) is 0 Å². The number of benzene rings is 1. The third-order valence-electron chi connectivity index (χ3n) is 4.84. The topological polar surface area (TPSA) is 181 Å². The lowest BCUT2D eigenvalue weighted by molar-refractivity contribution is -0.144.